The molecule has 0 unspecified atom stereocenters. The Morgan fingerprint density at radius 3 is 2.51 bits per heavy atom. The average molecular weight is 507 g/mol. The summed E-state index contributed by atoms with van der Waals surface area (Å²) in [5.74, 6) is 0.426. The molecule has 3 heterocycles. The van der Waals surface area contributed by atoms with Crippen molar-refractivity contribution in [2.45, 2.75) is 25.9 Å². The lowest BCUT2D eigenvalue weighted by atomic mass is 9.96. The Morgan fingerprint density at radius 2 is 1.83 bits per heavy atom. The zero-order valence-electron chi connectivity index (χ0n) is 19.5. The number of ether oxygens (including phenoxy) is 1. The van der Waals surface area contributed by atoms with Crippen molar-refractivity contribution in [3.05, 3.63) is 106 Å². The van der Waals surface area contributed by atoms with Crippen molar-refractivity contribution in [2.75, 3.05) is 12.0 Å². The third-order valence-corrected chi connectivity index (χ3v) is 6.92. The van der Waals surface area contributed by atoms with Gasteiger partial charge >= 0.3 is 0 Å². The summed E-state index contributed by atoms with van der Waals surface area (Å²) in [7, 11) is 1.65. The largest absolute Gasteiger partial charge is 0.495 e. The maximum atomic E-state index is 13.7. The first kappa shape index (κ1) is 23.3. The van der Waals surface area contributed by atoms with E-state index in [4.69, 9.17) is 28.6 Å². The summed E-state index contributed by atoms with van der Waals surface area (Å²) in [4.78, 5) is 6.65. The van der Waals surface area contributed by atoms with E-state index in [9.17, 15) is 4.39 Å². The second-order valence-electron chi connectivity index (χ2n) is 8.45. The number of aromatic nitrogens is 2. The van der Waals surface area contributed by atoms with Gasteiger partial charge in [0.25, 0.3) is 0 Å². The van der Waals surface area contributed by atoms with E-state index >= 15 is 0 Å². The van der Waals surface area contributed by atoms with Gasteiger partial charge in [-0.25, -0.2) is 4.39 Å². The predicted molar refractivity (Wildman–Crippen MR) is 141 cm³/mol. The number of hydrogen-bond donors (Lipinski definition) is 1. The Labute approximate surface area is 214 Å². The molecule has 1 aliphatic heterocycles. The highest BCUT2D eigenvalue weighted by Gasteiger charge is 2.42. The second-order valence-corrected chi connectivity index (χ2v) is 9.27. The molecule has 178 valence electrons. The molecule has 2 atom stereocenters. The number of nitrogens with one attached hydrogen (secondary N) is 1. The van der Waals surface area contributed by atoms with E-state index in [2.05, 4.69) is 34.8 Å². The number of methoxy groups -OCH3 is 1. The topological polar surface area (TPSA) is 42.3 Å². The van der Waals surface area contributed by atoms with Crippen LogP contribution in [0.1, 0.15) is 34.7 Å². The van der Waals surface area contributed by atoms with Crippen LogP contribution >= 0.6 is 23.8 Å². The molecular formula is C27H24ClFN4OS. The number of anilines is 1. The highest BCUT2D eigenvalue weighted by atomic mass is 35.5. The average Bonchev–Trinajstić information content (AvgIpc) is 3.35. The lowest BCUT2D eigenvalue weighted by Crippen LogP contribution is -2.29. The summed E-state index contributed by atoms with van der Waals surface area (Å²) < 4.78 is 21.5. The van der Waals surface area contributed by atoms with Crippen LogP contribution in [0.2, 0.25) is 5.02 Å². The molecule has 0 amide bonds. The summed E-state index contributed by atoms with van der Waals surface area (Å²) in [6.07, 6.45) is 1.78. The lowest BCUT2D eigenvalue weighted by Gasteiger charge is -2.28. The fourth-order valence-electron chi connectivity index (χ4n) is 4.85. The highest BCUT2D eigenvalue weighted by Crippen LogP contribution is 2.44. The molecule has 1 aliphatic rings. The molecular weight excluding hydrogens is 483 g/mol. The molecule has 8 heteroatoms. The fourth-order valence-corrected chi connectivity index (χ4v) is 5.36. The van der Waals surface area contributed by atoms with Gasteiger partial charge in [-0.3, -0.25) is 4.98 Å². The molecule has 1 N–H and O–H groups in total. The van der Waals surface area contributed by atoms with Crippen LogP contribution in [0.3, 0.4) is 0 Å². The summed E-state index contributed by atoms with van der Waals surface area (Å²) in [5.41, 5.74) is 5.64. The number of thiocarbonyl (C=S) groups is 1. The second kappa shape index (κ2) is 9.32. The molecule has 0 radical (unpaired) electrons. The molecule has 4 aromatic rings. The number of rotatable bonds is 5. The molecule has 2 aromatic heterocycles. The number of benzene rings is 2. The molecule has 0 bridgehead atoms. The van der Waals surface area contributed by atoms with Crippen molar-refractivity contribution in [2.24, 2.45) is 0 Å². The summed E-state index contributed by atoms with van der Waals surface area (Å²) >= 11 is 12.1. The Hall–Kier alpha value is -3.42. The third-order valence-electron chi connectivity index (χ3n) is 6.37. The minimum Gasteiger partial charge on any atom is -0.495 e. The fraction of sp³-hybridized carbons (Fsp3) is 0.185. The molecule has 5 rings (SSSR count). The van der Waals surface area contributed by atoms with Gasteiger partial charge in [-0.2, -0.15) is 0 Å². The van der Waals surface area contributed by atoms with E-state index in [-0.39, 0.29) is 17.9 Å². The van der Waals surface area contributed by atoms with Crippen molar-refractivity contribution in [1.29, 1.82) is 0 Å². The number of aryl methyl sites for hydroxylation is 1. The van der Waals surface area contributed by atoms with E-state index in [0.717, 1.165) is 39.8 Å². The standard InChI is InChI=1S/C27H24ClFN4OS/c1-16-14-21(17(2)32(16)23-15-18(28)7-12-24(23)34-3)26-25(22-6-4-5-13-30-22)31-27(35)33(26)20-10-8-19(29)9-11-20/h4-15,25-26H,1-3H3,(H,31,35)/t25-,26-/m1/s1. The first-order valence-corrected chi connectivity index (χ1v) is 12.0. The van der Waals surface area contributed by atoms with E-state index in [1.807, 2.05) is 41.3 Å². The van der Waals surface area contributed by atoms with Crippen molar-refractivity contribution in [1.82, 2.24) is 14.9 Å². The molecule has 35 heavy (non-hydrogen) atoms. The van der Waals surface area contributed by atoms with Crippen LogP contribution in [-0.4, -0.2) is 21.8 Å². The zero-order chi connectivity index (χ0) is 24.7. The first-order valence-electron chi connectivity index (χ1n) is 11.2. The van der Waals surface area contributed by atoms with Gasteiger partial charge in [-0.1, -0.05) is 17.7 Å². The summed E-state index contributed by atoms with van der Waals surface area (Å²) in [6.45, 7) is 4.12. The predicted octanol–water partition coefficient (Wildman–Crippen LogP) is 6.47. The lowest BCUT2D eigenvalue weighted by molar-refractivity contribution is 0.412. The van der Waals surface area contributed by atoms with Crippen LogP contribution in [0, 0.1) is 19.7 Å². The zero-order valence-corrected chi connectivity index (χ0v) is 21.1. The van der Waals surface area contributed by atoms with Gasteiger partial charge in [0.1, 0.15) is 11.6 Å². The normalized spacial score (nSPS) is 17.5. The molecule has 2 aromatic carbocycles. The first-order chi connectivity index (χ1) is 16.9. The molecule has 1 saturated heterocycles. The van der Waals surface area contributed by atoms with Crippen molar-refractivity contribution in [3.63, 3.8) is 0 Å². The third kappa shape index (κ3) is 4.15. The Balaban J connectivity index is 1.70. The van der Waals surface area contributed by atoms with E-state index in [0.29, 0.717) is 10.1 Å². The van der Waals surface area contributed by atoms with Crippen LogP contribution in [0.4, 0.5) is 10.1 Å². The van der Waals surface area contributed by atoms with Gasteiger partial charge < -0.3 is 19.5 Å². The highest BCUT2D eigenvalue weighted by molar-refractivity contribution is 7.80. The van der Waals surface area contributed by atoms with Gasteiger partial charge in [0.15, 0.2) is 5.11 Å². The van der Waals surface area contributed by atoms with Crippen LogP contribution in [0.5, 0.6) is 5.75 Å². The summed E-state index contributed by atoms with van der Waals surface area (Å²) in [6, 6.07) is 19.5. The maximum Gasteiger partial charge on any atom is 0.174 e. The van der Waals surface area contributed by atoms with Crippen LogP contribution in [-0.2, 0) is 0 Å². The quantitative estimate of drug-likeness (QED) is 0.314. The molecule has 0 saturated carbocycles. The smallest absolute Gasteiger partial charge is 0.174 e. The van der Waals surface area contributed by atoms with Crippen molar-refractivity contribution < 1.29 is 9.13 Å². The van der Waals surface area contributed by atoms with Crippen molar-refractivity contribution in [3.8, 4) is 11.4 Å². The van der Waals surface area contributed by atoms with Crippen LogP contribution < -0.4 is 15.0 Å². The van der Waals surface area contributed by atoms with E-state index < -0.39 is 0 Å². The molecule has 5 nitrogen and oxygen atoms in total. The van der Waals surface area contributed by atoms with Gasteiger partial charge in [0.2, 0.25) is 0 Å². The maximum absolute atomic E-state index is 13.7. The number of hydrogen-bond acceptors (Lipinski definition) is 3. The SMILES string of the molecule is COc1ccc(Cl)cc1-n1c(C)cc([C@@H]2[C@@H](c3ccccn3)NC(=S)N2c2ccc(F)cc2)c1C. The number of halogens is 2. The molecule has 1 fully saturated rings. The Morgan fingerprint density at radius 1 is 1.06 bits per heavy atom. The van der Waals surface area contributed by atoms with Crippen LogP contribution in [0.15, 0.2) is 72.9 Å². The van der Waals surface area contributed by atoms with Gasteiger partial charge in [0.05, 0.1) is 30.6 Å². The van der Waals surface area contributed by atoms with Crippen molar-refractivity contribution >= 4 is 34.6 Å². The van der Waals surface area contributed by atoms with Gasteiger partial charge in [-0.15, -0.1) is 0 Å². The minimum atomic E-state index is -0.295. The number of nitrogens with zero attached hydrogens (tertiary/aromatic N) is 3. The molecule has 0 aliphatic carbocycles. The summed E-state index contributed by atoms with van der Waals surface area (Å²) in [5, 5.41) is 4.64. The van der Waals surface area contributed by atoms with E-state index in [1.165, 1.54) is 12.1 Å². The monoisotopic (exact) mass is 506 g/mol. The Bertz CT molecular complexity index is 1390. The minimum absolute atomic E-state index is 0.205. The Kier molecular flexibility index (Phi) is 6.21. The van der Waals surface area contributed by atoms with Gasteiger partial charge in [0, 0.05) is 28.3 Å². The molecule has 0 spiro atoms. The van der Waals surface area contributed by atoms with Gasteiger partial charge in [-0.05, 0) is 92.3 Å². The number of pyridine rings is 1. The van der Waals surface area contributed by atoms with E-state index in [1.54, 1.807) is 25.4 Å². The van der Waals surface area contributed by atoms with Crippen LogP contribution in [0.25, 0.3) is 5.69 Å².